The standard InChI is InChI=1S/C33H37FO4/c1-6-33(2,3)20-25-16-22(10-14-28(25)30-18-26(36-4)13-15-31(30)34)21-38-27-9-7-8-24(17-27)29(23-11-12-23)19-32(35)37-5/h6-10,13-18,23,29H,1,11-12,19-21H2,2-5H3/t29-/m1/s1. The van der Waals surface area contributed by atoms with Crippen molar-refractivity contribution in [3.63, 3.8) is 0 Å². The molecule has 1 atom stereocenters. The van der Waals surface area contributed by atoms with Crippen molar-refractivity contribution < 1.29 is 23.4 Å². The number of ether oxygens (including phenoxy) is 3. The van der Waals surface area contributed by atoms with Gasteiger partial charge in [-0.25, -0.2) is 4.39 Å². The molecule has 1 saturated carbocycles. The lowest BCUT2D eigenvalue weighted by molar-refractivity contribution is -0.141. The van der Waals surface area contributed by atoms with Crippen molar-refractivity contribution in [2.75, 3.05) is 14.2 Å². The fourth-order valence-electron chi connectivity index (χ4n) is 4.87. The molecular formula is C33H37FO4. The van der Waals surface area contributed by atoms with E-state index in [1.54, 1.807) is 19.2 Å². The molecule has 0 bridgehead atoms. The minimum atomic E-state index is -0.290. The summed E-state index contributed by atoms with van der Waals surface area (Å²) in [6.45, 7) is 8.59. The number of hydrogen-bond acceptors (Lipinski definition) is 4. The Kier molecular flexibility index (Phi) is 8.55. The zero-order valence-corrected chi connectivity index (χ0v) is 22.8. The Morgan fingerprint density at radius 2 is 1.84 bits per heavy atom. The van der Waals surface area contributed by atoms with E-state index in [1.165, 1.54) is 13.2 Å². The molecule has 5 heteroatoms. The molecule has 3 aromatic rings. The fraction of sp³-hybridized carbons (Fsp3) is 0.364. The predicted molar refractivity (Wildman–Crippen MR) is 149 cm³/mol. The number of benzene rings is 3. The first-order valence-corrected chi connectivity index (χ1v) is 13.1. The van der Waals surface area contributed by atoms with Gasteiger partial charge in [0, 0.05) is 5.56 Å². The first kappa shape index (κ1) is 27.4. The molecule has 0 aromatic heterocycles. The van der Waals surface area contributed by atoms with Gasteiger partial charge in [-0.3, -0.25) is 4.79 Å². The van der Waals surface area contributed by atoms with Crippen LogP contribution in [0.25, 0.3) is 11.1 Å². The number of rotatable bonds is 12. The molecule has 0 heterocycles. The molecule has 3 aromatic carbocycles. The molecule has 1 aliphatic rings. The highest BCUT2D eigenvalue weighted by Gasteiger charge is 2.34. The molecule has 0 saturated heterocycles. The van der Waals surface area contributed by atoms with Crippen LogP contribution in [0.4, 0.5) is 4.39 Å². The highest BCUT2D eigenvalue weighted by atomic mass is 19.1. The van der Waals surface area contributed by atoms with Gasteiger partial charge < -0.3 is 14.2 Å². The van der Waals surface area contributed by atoms with Crippen molar-refractivity contribution in [2.45, 2.75) is 52.1 Å². The van der Waals surface area contributed by atoms with Crippen LogP contribution in [-0.4, -0.2) is 20.2 Å². The summed E-state index contributed by atoms with van der Waals surface area (Å²) in [5.41, 5.74) is 4.28. The van der Waals surface area contributed by atoms with E-state index in [4.69, 9.17) is 14.2 Å². The minimum absolute atomic E-state index is 0.149. The van der Waals surface area contributed by atoms with E-state index < -0.39 is 0 Å². The van der Waals surface area contributed by atoms with E-state index in [0.29, 0.717) is 36.7 Å². The Labute approximate surface area is 225 Å². The largest absolute Gasteiger partial charge is 0.497 e. The number of esters is 1. The van der Waals surface area contributed by atoms with Gasteiger partial charge in [0.15, 0.2) is 0 Å². The Balaban J connectivity index is 1.58. The van der Waals surface area contributed by atoms with Crippen LogP contribution in [0.1, 0.15) is 55.7 Å². The van der Waals surface area contributed by atoms with Gasteiger partial charge in [0.05, 0.1) is 20.6 Å². The summed E-state index contributed by atoms with van der Waals surface area (Å²) in [6.07, 6.45) is 5.28. The predicted octanol–water partition coefficient (Wildman–Crippen LogP) is 7.89. The Morgan fingerprint density at radius 3 is 2.53 bits per heavy atom. The van der Waals surface area contributed by atoms with Crippen LogP contribution in [-0.2, 0) is 22.6 Å². The van der Waals surface area contributed by atoms with Gasteiger partial charge in [0.2, 0.25) is 0 Å². The zero-order chi connectivity index (χ0) is 27.3. The molecule has 0 radical (unpaired) electrons. The van der Waals surface area contributed by atoms with Crippen molar-refractivity contribution in [1.29, 1.82) is 0 Å². The van der Waals surface area contributed by atoms with Crippen LogP contribution in [0.5, 0.6) is 11.5 Å². The molecule has 38 heavy (non-hydrogen) atoms. The number of hydrogen-bond donors (Lipinski definition) is 0. The van der Waals surface area contributed by atoms with E-state index in [9.17, 15) is 9.18 Å². The number of halogens is 1. The van der Waals surface area contributed by atoms with Crippen LogP contribution in [0, 0.1) is 17.2 Å². The quantitative estimate of drug-likeness (QED) is 0.181. The summed E-state index contributed by atoms with van der Waals surface area (Å²) in [7, 11) is 3.01. The SMILES string of the molecule is C=CC(C)(C)Cc1cc(COc2cccc([C@H](CC(=O)OC)C3CC3)c2)ccc1-c1cc(OC)ccc1F. The van der Waals surface area contributed by atoms with E-state index in [0.717, 1.165) is 40.8 Å². The second kappa shape index (κ2) is 11.8. The third-order valence-corrected chi connectivity index (χ3v) is 7.33. The first-order valence-electron chi connectivity index (χ1n) is 13.1. The molecular weight excluding hydrogens is 479 g/mol. The lowest BCUT2D eigenvalue weighted by atomic mass is 9.82. The van der Waals surface area contributed by atoms with E-state index in [1.807, 2.05) is 36.4 Å². The normalized spacial score (nSPS) is 14.0. The van der Waals surface area contributed by atoms with Crippen LogP contribution in [0.3, 0.4) is 0 Å². The maximum Gasteiger partial charge on any atom is 0.306 e. The van der Waals surface area contributed by atoms with Crippen LogP contribution in [0.15, 0.2) is 73.3 Å². The summed E-state index contributed by atoms with van der Waals surface area (Å²) >= 11 is 0. The molecule has 0 N–H and O–H groups in total. The number of allylic oxidation sites excluding steroid dienone is 1. The number of carbonyl (C=O) groups is 1. The van der Waals surface area contributed by atoms with Crippen molar-refractivity contribution >= 4 is 5.97 Å². The molecule has 4 rings (SSSR count). The van der Waals surface area contributed by atoms with Crippen molar-refractivity contribution in [1.82, 2.24) is 0 Å². The summed E-state index contributed by atoms with van der Waals surface area (Å²) in [4.78, 5) is 12.0. The molecule has 1 aliphatic carbocycles. The fourth-order valence-corrected chi connectivity index (χ4v) is 4.87. The Morgan fingerprint density at radius 1 is 1.05 bits per heavy atom. The first-order chi connectivity index (χ1) is 18.2. The molecule has 0 amide bonds. The van der Waals surface area contributed by atoms with Gasteiger partial charge in [0.25, 0.3) is 0 Å². The average Bonchev–Trinajstić information content (AvgIpc) is 3.76. The van der Waals surface area contributed by atoms with Gasteiger partial charge in [-0.2, -0.15) is 0 Å². The molecule has 200 valence electrons. The van der Waals surface area contributed by atoms with E-state index in [-0.39, 0.29) is 23.1 Å². The smallest absolute Gasteiger partial charge is 0.306 e. The maximum absolute atomic E-state index is 14.9. The van der Waals surface area contributed by atoms with E-state index >= 15 is 0 Å². The minimum Gasteiger partial charge on any atom is -0.497 e. The Hall–Kier alpha value is -3.60. The molecule has 0 unspecified atom stereocenters. The highest BCUT2D eigenvalue weighted by molar-refractivity contribution is 5.71. The third-order valence-electron chi connectivity index (χ3n) is 7.33. The summed E-state index contributed by atoms with van der Waals surface area (Å²) in [5.74, 6) is 1.56. The van der Waals surface area contributed by atoms with E-state index in [2.05, 4.69) is 32.6 Å². The third kappa shape index (κ3) is 6.83. The van der Waals surface area contributed by atoms with Crippen LogP contribution >= 0.6 is 0 Å². The highest BCUT2D eigenvalue weighted by Crippen LogP contribution is 2.45. The van der Waals surface area contributed by atoms with Gasteiger partial charge >= 0.3 is 5.97 Å². The average molecular weight is 517 g/mol. The van der Waals surface area contributed by atoms with Gasteiger partial charge in [0.1, 0.15) is 23.9 Å². The second-order valence-electron chi connectivity index (χ2n) is 10.8. The number of methoxy groups -OCH3 is 2. The monoisotopic (exact) mass is 516 g/mol. The lowest BCUT2D eigenvalue weighted by Crippen LogP contribution is -2.12. The lowest BCUT2D eigenvalue weighted by Gasteiger charge is -2.23. The number of carbonyl (C=O) groups excluding carboxylic acids is 1. The van der Waals surface area contributed by atoms with Crippen molar-refractivity contribution in [2.24, 2.45) is 11.3 Å². The van der Waals surface area contributed by atoms with Gasteiger partial charge in [-0.1, -0.05) is 50.3 Å². The summed E-state index contributed by atoms with van der Waals surface area (Å²) in [5, 5.41) is 0. The topological polar surface area (TPSA) is 44.8 Å². The molecule has 0 aliphatic heterocycles. The zero-order valence-electron chi connectivity index (χ0n) is 22.8. The van der Waals surface area contributed by atoms with Gasteiger partial charge in [-0.05, 0) is 89.1 Å². The van der Waals surface area contributed by atoms with Crippen LogP contribution in [0.2, 0.25) is 0 Å². The van der Waals surface area contributed by atoms with Crippen molar-refractivity contribution in [3.8, 4) is 22.6 Å². The van der Waals surface area contributed by atoms with Gasteiger partial charge in [-0.15, -0.1) is 6.58 Å². The van der Waals surface area contributed by atoms with Crippen molar-refractivity contribution in [3.05, 3.63) is 95.8 Å². The Bertz CT molecular complexity index is 1290. The molecule has 0 spiro atoms. The second-order valence-corrected chi connectivity index (χ2v) is 10.8. The summed E-state index contributed by atoms with van der Waals surface area (Å²) in [6, 6.07) is 18.8. The summed E-state index contributed by atoms with van der Waals surface area (Å²) < 4.78 is 31.4. The van der Waals surface area contributed by atoms with Crippen LogP contribution < -0.4 is 9.47 Å². The maximum atomic E-state index is 14.9. The molecule has 4 nitrogen and oxygen atoms in total. The molecule has 1 fully saturated rings.